The maximum absolute atomic E-state index is 12.5. The predicted octanol–water partition coefficient (Wildman–Crippen LogP) is 2.32. The van der Waals surface area contributed by atoms with E-state index in [9.17, 15) is 14.4 Å². The highest BCUT2D eigenvalue weighted by Crippen LogP contribution is 2.42. The molecule has 0 saturated carbocycles. The Labute approximate surface area is 141 Å². The van der Waals surface area contributed by atoms with Crippen molar-refractivity contribution in [3.8, 4) is 0 Å². The summed E-state index contributed by atoms with van der Waals surface area (Å²) in [7, 11) is 0. The molecule has 3 rings (SSSR count). The van der Waals surface area contributed by atoms with E-state index in [1.54, 1.807) is 0 Å². The van der Waals surface area contributed by atoms with Crippen molar-refractivity contribution >= 4 is 33.8 Å². The fourth-order valence-electron chi connectivity index (χ4n) is 2.73. The molecule has 0 aliphatic carbocycles. The highest BCUT2D eigenvalue weighted by Gasteiger charge is 2.55. The highest BCUT2D eigenvalue weighted by atomic mass is 79.9. The van der Waals surface area contributed by atoms with Gasteiger partial charge in [0.1, 0.15) is 0 Å². The second-order valence-corrected chi connectivity index (χ2v) is 6.45. The number of imide groups is 2. The van der Waals surface area contributed by atoms with Crippen LogP contribution >= 0.6 is 15.9 Å². The molecule has 0 bridgehead atoms. The first kappa shape index (κ1) is 15.4. The standard InChI is InChI=1S/C17H13BrN2O3/c18-17(14(21)19-16(23)20-15(17)22)13(11-7-3-1-4-8-11)12-9-5-2-6-10-12/h1-10,13H,(H2,19,20,21,22,23). The second-order valence-electron chi connectivity index (χ2n) is 5.20. The maximum atomic E-state index is 12.5. The monoisotopic (exact) mass is 372 g/mol. The van der Waals surface area contributed by atoms with Crippen LogP contribution in [0.5, 0.6) is 0 Å². The van der Waals surface area contributed by atoms with Crippen molar-refractivity contribution in [1.82, 2.24) is 10.6 Å². The second kappa shape index (κ2) is 5.96. The Bertz CT molecular complexity index is 702. The normalized spacial score (nSPS) is 16.9. The van der Waals surface area contributed by atoms with E-state index in [1.807, 2.05) is 60.7 Å². The number of hydrogen-bond acceptors (Lipinski definition) is 3. The summed E-state index contributed by atoms with van der Waals surface area (Å²) < 4.78 is -1.61. The Kier molecular flexibility index (Phi) is 4.00. The number of alkyl halides is 1. The maximum Gasteiger partial charge on any atom is 0.328 e. The van der Waals surface area contributed by atoms with Gasteiger partial charge in [0.2, 0.25) is 0 Å². The first-order chi connectivity index (χ1) is 11.0. The van der Waals surface area contributed by atoms with Crippen LogP contribution in [0, 0.1) is 0 Å². The molecule has 2 aromatic carbocycles. The molecule has 1 heterocycles. The number of rotatable bonds is 3. The predicted molar refractivity (Wildman–Crippen MR) is 88.1 cm³/mol. The Morgan fingerprint density at radius 2 is 1.13 bits per heavy atom. The van der Waals surface area contributed by atoms with Gasteiger partial charge in [-0.2, -0.15) is 0 Å². The number of urea groups is 1. The van der Waals surface area contributed by atoms with Crippen LogP contribution in [0.1, 0.15) is 17.0 Å². The van der Waals surface area contributed by atoms with Crippen LogP contribution < -0.4 is 10.6 Å². The highest BCUT2D eigenvalue weighted by molar-refractivity contribution is 9.10. The average Bonchev–Trinajstić information content (AvgIpc) is 2.55. The van der Waals surface area contributed by atoms with Gasteiger partial charge < -0.3 is 0 Å². The molecule has 0 unspecified atom stereocenters. The Hall–Kier alpha value is -2.47. The number of barbiturate groups is 1. The molecule has 0 aromatic heterocycles. The molecule has 0 spiro atoms. The molecule has 1 aliphatic rings. The smallest absolute Gasteiger partial charge is 0.276 e. The Balaban J connectivity index is 2.17. The van der Waals surface area contributed by atoms with Crippen molar-refractivity contribution in [2.45, 2.75) is 10.2 Å². The van der Waals surface area contributed by atoms with Crippen LogP contribution in [0.2, 0.25) is 0 Å². The van der Waals surface area contributed by atoms with Gasteiger partial charge in [-0.1, -0.05) is 76.6 Å². The Morgan fingerprint density at radius 3 is 1.52 bits per heavy atom. The summed E-state index contributed by atoms with van der Waals surface area (Å²) in [6.45, 7) is 0. The molecule has 1 saturated heterocycles. The molecule has 0 radical (unpaired) electrons. The number of halogens is 1. The molecule has 2 N–H and O–H groups in total. The molecular formula is C17H13BrN2O3. The van der Waals surface area contributed by atoms with Gasteiger partial charge in [0, 0.05) is 5.92 Å². The van der Waals surface area contributed by atoms with Gasteiger partial charge in [0.15, 0.2) is 4.32 Å². The fourth-order valence-corrected chi connectivity index (χ4v) is 3.45. The van der Waals surface area contributed by atoms with Crippen molar-refractivity contribution in [1.29, 1.82) is 0 Å². The number of nitrogens with one attached hydrogen (secondary N) is 2. The van der Waals surface area contributed by atoms with Crippen LogP contribution in [0.3, 0.4) is 0 Å². The minimum absolute atomic E-state index is 0.585. The molecule has 5 nitrogen and oxygen atoms in total. The van der Waals surface area contributed by atoms with Gasteiger partial charge in [0.05, 0.1) is 0 Å². The van der Waals surface area contributed by atoms with Crippen molar-refractivity contribution in [2.24, 2.45) is 0 Å². The van der Waals surface area contributed by atoms with Crippen molar-refractivity contribution in [2.75, 3.05) is 0 Å². The molecule has 116 valence electrons. The lowest BCUT2D eigenvalue weighted by Gasteiger charge is -2.36. The van der Waals surface area contributed by atoms with Gasteiger partial charge in [-0.25, -0.2) is 4.79 Å². The van der Waals surface area contributed by atoms with Crippen LogP contribution in [0.4, 0.5) is 4.79 Å². The van der Waals surface area contributed by atoms with Crippen LogP contribution in [-0.2, 0) is 9.59 Å². The van der Waals surface area contributed by atoms with E-state index in [0.29, 0.717) is 0 Å². The number of benzene rings is 2. The zero-order chi connectivity index (χ0) is 16.4. The number of carbonyl (C=O) groups excluding carboxylic acids is 3. The summed E-state index contributed by atoms with van der Waals surface area (Å²) in [5.74, 6) is -1.94. The van der Waals surface area contributed by atoms with Crippen molar-refractivity contribution in [3.63, 3.8) is 0 Å². The third-order valence-electron chi connectivity index (χ3n) is 3.78. The average molecular weight is 373 g/mol. The van der Waals surface area contributed by atoms with Gasteiger partial charge in [0.25, 0.3) is 11.8 Å². The molecule has 6 heteroatoms. The van der Waals surface area contributed by atoms with E-state index < -0.39 is 28.1 Å². The first-order valence-electron chi connectivity index (χ1n) is 6.99. The molecule has 0 atom stereocenters. The van der Waals surface area contributed by atoms with E-state index in [-0.39, 0.29) is 0 Å². The molecule has 1 fully saturated rings. The summed E-state index contributed by atoms with van der Waals surface area (Å²) in [6.07, 6.45) is 0. The van der Waals surface area contributed by atoms with E-state index in [1.165, 1.54) is 0 Å². The lowest BCUT2D eigenvalue weighted by Crippen LogP contribution is -2.65. The summed E-state index contributed by atoms with van der Waals surface area (Å²) in [4.78, 5) is 36.4. The molecule has 23 heavy (non-hydrogen) atoms. The van der Waals surface area contributed by atoms with Crippen LogP contribution in [0.15, 0.2) is 60.7 Å². The summed E-state index contributed by atoms with van der Waals surface area (Å²) in [6, 6.07) is 17.6. The minimum Gasteiger partial charge on any atom is -0.276 e. The number of carbonyl (C=O) groups is 3. The van der Waals surface area contributed by atoms with Crippen molar-refractivity contribution < 1.29 is 14.4 Å². The quantitative estimate of drug-likeness (QED) is 0.641. The lowest BCUT2D eigenvalue weighted by molar-refractivity contribution is -0.133. The zero-order valence-electron chi connectivity index (χ0n) is 12.0. The van der Waals surface area contributed by atoms with E-state index >= 15 is 0 Å². The largest absolute Gasteiger partial charge is 0.328 e. The third-order valence-corrected chi connectivity index (χ3v) is 4.96. The lowest BCUT2D eigenvalue weighted by atomic mass is 9.79. The van der Waals surface area contributed by atoms with Gasteiger partial charge >= 0.3 is 6.03 Å². The zero-order valence-corrected chi connectivity index (χ0v) is 13.5. The molecule has 2 aromatic rings. The molecular weight excluding hydrogens is 360 g/mol. The first-order valence-corrected chi connectivity index (χ1v) is 7.78. The van der Waals surface area contributed by atoms with Gasteiger partial charge in [-0.15, -0.1) is 0 Å². The molecule has 4 amide bonds. The SMILES string of the molecule is O=C1NC(=O)C(Br)(C(c2ccccc2)c2ccccc2)C(=O)N1. The van der Waals surface area contributed by atoms with Gasteiger partial charge in [-0.05, 0) is 11.1 Å². The minimum atomic E-state index is -1.61. The van der Waals surface area contributed by atoms with Gasteiger partial charge in [-0.3, -0.25) is 20.2 Å². The summed E-state index contributed by atoms with van der Waals surface area (Å²) >= 11 is 3.32. The van der Waals surface area contributed by atoms with E-state index in [0.717, 1.165) is 11.1 Å². The summed E-state index contributed by atoms with van der Waals surface area (Å²) in [5.41, 5.74) is 1.57. The van der Waals surface area contributed by atoms with Crippen LogP contribution in [0.25, 0.3) is 0 Å². The topological polar surface area (TPSA) is 75.3 Å². The number of amides is 4. The molecule has 1 aliphatic heterocycles. The van der Waals surface area contributed by atoms with Crippen LogP contribution in [-0.4, -0.2) is 22.2 Å². The summed E-state index contributed by atoms with van der Waals surface area (Å²) in [5, 5.41) is 4.33. The number of hydrogen-bond donors (Lipinski definition) is 2. The fraction of sp³-hybridized carbons (Fsp3) is 0.118. The van der Waals surface area contributed by atoms with E-state index in [2.05, 4.69) is 26.6 Å². The third kappa shape index (κ3) is 2.66. The van der Waals surface area contributed by atoms with Crippen molar-refractivity contribution in [3.05, 3.63) is 71.8 Å². The van der Waals surface area contributed by atoms with E-state index in [4.69, 9.17) is 0 Å². The Morgan fingerprint density at radius 1 is 0.739 bits per heavy atom.